The van der Waals surface area contributed by atoms with E-state index in [4.69, 9.17) is 5.11 Å². The van der Waals surface area contributed by atoms with E-state index in [1.165, 1.54) is 0 Å². The van der Waals surface area contributed by atoms with Gasteiger partial charge in [0.2, 0.25) is 0 Å². The molecule has 0 aliphatic carbocycles. The van der Waals surface area contributed by atoms with Crippen LogP contribution in [-0.2, 0) is 0 Å². The largest absolute Gasteiger partial charge is 0.395 e. The lowest BCUT2D eigenvalue weighted by molar-refractivity contribution is 0.311. The number of rotatable bonds is 4. The van der Waals surface area contributed by atoms with Crippen molar-refractivity contribution in [1.82, 2.24) is 15.0 Å². The Morgan fingerprint density at radius 3 is 2.75 bits per heavy atom. The lowest BCUT2D eigenvalue weighted by atomic mass is 10.2. The topological polar surface area (TPSA) is 73.8 Å². The number of hydrogen-bond acceptors (Lipinski definition) is 4. The van der Waals surface area contributed by atoms with Gasteiger partial charge in [0, 0.05) is 17.8 Å². The van der Waals surface area contributed by atoms with Crippen LogP contribution in [0.3, 0.4) is 0 Å². The Labute approximate surface area is 116 Å². The molecule has 20 heavy (non-hydrogen) atoms. The molecule has 0 unspecified atom stereocenters. The second kappa shape index (κ2) is 5.30. The van der Waals surface area contributed by atoms with Crippen molar-refractivity contribution >= 4 is 16.9 Å². The first-order valence-corrected chi connectivity index (χ1v) is 6.55. The van der Waals surface area contributed by atoms with Crippen LogP contribution in [0.25, 0.3) is 22.4 Å². The summed E-state index contributed by atoms with van der Waals surface area (Å²) in [5, 5.41) is 13.1. The van der Waals surface area contributed by atoms with Gasteiger partial charge in [-0.25, -0.2) is 9.97 Å². The maximum absolute atomic E-state index is 8.98. The monoisotopic (exact) mass is 268 g/mol. The average Bonchev–Trinajstić information content (AvgIpc) is 2.86. The number of fused-ring (bicyclic) bond motifs is 1. The lowest BCUT2D eigenvalue weighted by Gasteiger charge is -2.07. The Morgan fingerprint density at radius 1 is 1.20 bits per heavy atom. The van der Waals surface area contributed by atoms with Gasteiger partial charge in [-0.05, 0) is 13.0 Å². The highest BCUT2D eigenvalue weighted by atomic mass is 16.3. The van der Waals surface area contributed by atoms with Gasteiger partial charge < -0.3 is 15.4 Å². The zero-order valence-corrected chi connectivity index (χ0v) is 11.2. The fourth-order valence-corrected chi connectivity index (χ4v) is 2.17. The summed E-state index contributed by atoms with van der Waals surface area (Å²) in [5.74, 6) is 1.41. The van der Waals surface area contributed by atoms with Crippen molar-refractivity contribution < 1.29 is 5.11 Å². The second-order valence-electron chi connectivity index (χ2n) is 4.63. The Bertz CT molecular complexity index is 721. The zero-order valence-electron chi connectivity index (χ0n) is 11.2. The van der Waals surface area contributed by atoms with Crippen molar-refractivity contribution in [2.75, 3.05) is 18.5 Å². The second-order valence-corrected chi connectivity index (χ2v) is 4.63. The molecule has 0 aliphatic heterocycles. The van der Waals surface area contributed by atoms with Crippen LogP contribution in [0, 0.1) is 6.92 Å². The maximum Gasteiger partial charge on any atom is 0.163 e. The number of aromatic amines is 1. The Balaban J connectivity index is 2.14. The van der Waals surface area contributed by atoms with E-state index >= 15 is 0 Å². The summed E-state index contributed by atoms with van der Waals surface area (Å²) < 4.78 is 0. The van der Waals surface area contributed by atoms with Crippen LogP contribution in [0.15, 0.2) is 36.4 Å². The van der Waals surface area contributed by atoms with E-state index in [-0.39, 0.29) is 6.61 Å². The van der Waals surface area contributed by atoms with E-state index in [0.29, 0.717) is 12.4 Å². The highest BCUT2D eigenvalue weighted by molar-refractivity contribution is 5.89. The molecule has 0 spiro atoms. The normalized spacial score (nSPS) is 10.9. The van der Waals surface area contributed by atoms with Crippen molar-refractivity contribution in [1.29, 1.82) is 0 Å². The molecule has 0 radical (unpaired) electrons. The van der Waals surface area contributed by atoms with Gasteiger partial charge in [0.15, 0.2) is 5.82 Å². The molecule has 3 aromatic rings. The van der Waals surface area contributed by atoms with Crippen LogP contribution in [0.1, 0.15) is 5.69 Å². The number of aliphatic hydroxyl groups excluding tert-OH is 1. The number of nitrogens with one attached hydrogen (secondary N) is 2. The van der Waals surface area contributed by atoms with E-state index in [1.54, 1.807) is 0 Å². The minimum atomic E-state index is 0.0651. The standard InChI is InChI=1S/C15H16N4O/c1-10-9-12-14(16-7-8-20)18-13(19-15(12)17-10)11-5-3-2-4-6-11/h2-6,9,20H,7-8H2,1H3,(H2,16,17,18,19). The molecule has 0 saturated heterocycles. The van der Waals surface area contributed by atoms with E-state index in [0.717, 1.165) is 28.1 Å². The summed E-state index contributed by atoms with van der Waals surface area (Å²) >= 11 is 0. The molecule has 3 rings (SSSR count). The molecule has 0 bridgehead atoms. The van der Waals surface area contributed by atoms with Gasteiger partial charge >= 0.3 is 0 Å². The predicted molar refractivity (Wildman–Crippen MR) is 79.6 cm³/mol. The molecule has 102 valence electrons. The summed E-state index contributed by atoms with van der Waals surface area (Å²) in [6.07, 6.45) is 0. The van der Waals surface area contributed by atoms with E-state index in [2.05, 4.69) is 20.3 Å². The van der Waals surface area contributed by atoms with Gasteiger partial charge in [0.05, 0.1) is 12.0 Å². The average molecular weight is 268 g/mol. The van der Waals surface area contributed by atoms with E-state index in [1.807, 2.05) is 43.3 Å². The van der Waals surface area contributed by atoms with Crippen LogP contribution in [0.2, 0.25) is 0 Å². The van der Waals surface area contributed by atoms with E-state index in [9.17, 15) is 0 Å². The summed E-state index contributed by atoms with van der Waals surface area (Å²) in [5.41, 5.74) is 2.80. The number of H-pyrrole nitrogens is 1. The summed E-state index contributed by atoms with van der Waals surface area (Å²) in [4.78, 5) is 12.4. The van der Waals surface area contributed by atoms with Crippen molar-refractivity contribution in [3.63, 3.8) is 0 Å². The predicted octanol–water partition coefficient (Wildman–Crippen LogP) is 2.34. The molecule has 0 amide bonds. The third kappa shape index (κ3) is 2.35. The molecule has 2 heterocycles. The molecule has 5 heteroatoms. The first kappa shape index (κ1) is 12.6. The number of hydrogen-bond donors (Lipinski definition) is 3. The van der Waals surface area contributed by atoms with Crippen molar-refractivity contribution in [2.24, 2.45) is 0 Å². The third-order valence-corrected chi connectivity index (χ3v) is 3.06. The van der Waals surface area contributed by atoms with Crippen LogP contribution in [0.4, 0.5) is 5.82 Å². The number of aromatic nitrogens is 3. The van der Waals surface area contributed by atoms with Gasteiger partial charge in [-0.2, -0.15) is 0 Å². The smallest absolute Gasteiger partial charge is 0.163 e. The first-order valence-electron chi connectivity index (χ1n) is 6.55. The third-order valence-electron chi connectivity index (χ3n) is 3.06. The zero-order chi connectivity index (χ0) is 13.9. The van der Waals surface area contributed by atoms with E-state index < -0.39 is 0 Å². The summed E-state index contributed by atoms with van der Waals surface area (Å²) in [6, 6.07) is 11.8. The lowest BCUT2D eigenvalue weighted by Crippen LogP contribution is -2.08. The number of aryl methyl sites for hydroxylation is 1. The quantitative estimate of drug-likeness (QED) is 0.679. The molecule has 2 aromatic heterocycles. The van der Waals surface area contributed by atoms with Crippen LogP contribution >= 0.6 is 0 Å². The van der Waals surface area contributed by atoms with Gasteiger partial charge in [0.1, 0.15) is 11.5 Å². The van der Waals surface area contributed by atoms with Gasteiger partial charge in [-0.3, -0.25) is 0 Å². The number of aliphatic hydroxyl groups is 1. The molecule has 1 aromatic carbocycles. The minimum absolute atomic E-state index is 0.0651. The van der Waals surface area contributed by atoms with Crippen LogP contribution in [0.5, 0.6) is 0 Å². The molecule has 5 nitrogen and oxygen atoms in total. The molecule has 0 aliphatic rings. The highest BCUT2D eigenvalue weighted by Crippen LogP contribution is 2.25. The SMILES string of the molecule is Cc1cc2c(NCCO)nc(-c3ccccc3)nc2[nH]1. The summed E-state index contributed by atoms with van der Waals surface area (Å²) in [7, 11) is 0. The maximum atomic E-state index is 8.98. The number of nitrogens with zero attached hydrogens (tertiary/aromatic N) is 2. The Morgan fingerprint density at radius 2 is 2.00 bits per heavy atom. The number of anilines is 1. The van der Waals surface area contributed by atoms with Gasteiger partial charge in [-0.15, -0.1) is 0 Å². The summed E-state index contributed by atoms with van der Waals surface area (Å²) in [6.45, 7) is 2.51. The first-order chi connectivity index (χ1) is 9.78. The Hall–Kier alpha value is -2.40. The molecular formula is C15H16N4O. The van der Waals surface area contributed by atoms with Crippen molar-refractivity contribution in [2.45, 2.75) is 6.92 Å². The molecule has 0 saturated carbocycles. The van der Waals surface area contributed by atoms with Gasteiger partial charge in [-0.1, -0.05) is 30.3 Å². The number of benzene rings is 1. The highest BCUT2D eigenvalue weighted by Gasteiger charge is 2.10. The molecule has 0 atom stereocenters. The molecular weight excluding hydrogens is 252 g/mol. The fraction of sp³-hybridized carbons (Fsp3) is 0.200. The van der Waals surface area contributed by atoms with Crippen LogP contribution in [-0.4, -0.2) is 33.2 Å². The van der Waals surface area contributed by atoms with Crippen molar-refractivity contribution in [3.05, 3.63) is 42.1 Å². The molecule has 0 fully saturated rings. The van der Waals surface area contributed by atoms with Gasteiger partial charge in [0.25, 0.3) is 0 Å². The molecule has 3 N–H and O–H groups in total. The fourth-order valence-electron chi connectivity index (χ4n) is 2.17. The van der Waals surface area contributed by atoms with Crippen LogP contribution < -0.4 is 5.32 Å². The Kier molecular flexibility index (Phi) is 3.35. The minimum Gasteiger partial charge on any atom is -0.395 e. The van der Waals surface area contributed by atoms with Crippen molar-refractivity contribution in [3.8, 4) is 11.4 Å².